The Balaban J connectivity index is 1.77. The number of benzene rings is 1. The average Bonchev–Trinajstić information content (AvgIpc) is 3.24. The minimum Gasteiger partial charge on any atom is -0.324 e. The minimum atomic E-state index is -0.477. The zero-order chi connectivity index (χ0) is 18.8. The summed E-state index contributed by atoms with van der Waals surface area (Å²) in [5.74, 6) is 0.822. The quantitative estimate of drug-likeness (QED) is 0.896. The summed E-state index contributed by atoms with van der Waals surface area (Å²) in [6.45, 7) is 8.49. The Morgan fingerprint density at radius 3 is 2.69 bits per heavy atom. The molecule has 0 bridgehead atoms. The van der Waals surface area contributed by atoms with E-state index in [1.165, 1.54) is 5.56 Å². The van der Waals surface area contributed by atoms with Crippen molar-refractivity contribution in [3.8, 4) is 0 Å². The minimum absolute atomic E-state index is 0.141. The molecule has 1 unspecified atom stereocenters. The summed E-state index contributed by atoms with van der Waals surface area (Å²) in [4.78, 5) is 27.4. The van der Waals surface area contributed by atoms with Gasteiger partial charge in [0.1, 0.15) is 11.7 Å². The first-order chi connectivity index (χ1) is 12.4. The summed E-state index contributed by atoms with van der Waals surface area (Å²) in [6.07, 6.45) is 0. The van der Waals surface area contributed by atoms with E-state index < -0.39 is 6.04 Å². The number of nitrogens with one attached hydrogen (secondary N) is 1. The van der Waals surface area contributed by atoms with Crippen molar-refractivity contribution in [3.63, 3.8) is 0 Å². The van der Waals surface area contributed by atoms with E-state index in [1.54, 1.807) is 27.4 Å². The van der Waals surface area contributed by atoms with Crippen molar-refractivity contribution in [3.05, 3.63) is 46.8 Å². The molecule has 1 saturated heterocycles. The van der Waals surface area contributed by atoms with Crippen LogP contribution in [0.5, 0.6) is 0 Å². The third-order valence-electron chi connectivity index (χ3n) is 4.64. The van der Waals surface area contributed by atoms with E-state index >= 15 is 0 Å². The maximum absolute atomic E-state index is 13.0. The van der Waals surface area contributed by atoms with Gasteiger partial charge in [0.15, 0.2) is 0 Å². The number of rotatable bonds is 4. The molecule has 0 spiro atoms. The van der Waals surface area contributed by atoms with Gasteiger partial charge < -0.3 is 10.2 Å². The molecule has 6 nitrogen and oxygen atoms in total. The van der Waals surface area contributed by atoms with E-state index in [0.717, 1.165) is 16.9 Å². The van der Waals surface area contributed by atoms with Crippen molar-refractivity contribution in [2.24, 2.45) is 0 Å². The third kappa shape index (κ3) is 3.62. The number of nitrogens with zero attached hydrogens (tertiary/aromatic N) is 3. The van der Waals surface area contributed by atoms with Crippen LogP contribution >= 0.6 is 11.8 Å². The Hall–Kier alpha value is -2.28. The number of hydrogen-bond donors (Lipinski definition) is 1. The molecule has 0 radical (unpaired) electrons. The molecule has 3 rings (SSSR count). The highest BCUT2D eigenvalue weighted by molar-refractivity contribution is 7.99. The van der Waals surface area contributed by atoms with Crippen LogP contribution in [0, 0.1) is 20.8 Å². The standard InChI is InChI=1S/C19H24N4O2S/c1-5-23-16(9-14(4)21-23)19(25)22-11-26-10-17(22)18(24)20-15-7-6-12(2)13(3)8-15/h6-9,17H,5,10-11H2,1-4H3,(H,20,24). The summed E-state index contributed by atoms with van der Waals surface area (Å²) >= 11 is 1.59. The normalized spacial score (nSPS) is 16.8. The van der Waals surface area contributed by atoms with E-state index in [0.29, 0.717) is 23.9 Å². The SMILES string of the molecule is CCn1nc(C)cc1C(=O)N1CSCC1C(=O)Nc1ccc(C)c(C)c1. The van der Waals surface area contributed by atoms with Gasteiger partial charge in [-0.3, -0.25) is 14.3 Å². The molecule has 0 aliphatic carbocycles. The molecule has 2 heterocycles. The number of anilines is 1. The van der Waals surface area contributed by atoms with Crippen molar-refractivity contribution in [1.29, 1.82) is 0 Å². The Kier molecular flexibility index (Phi) is 5.36. The predicted octanol–water partition coefficient (Wildman–Crippen LogP) is 2.98. The number of thioether (sulfide) groups is 1. The summed E-state index contributed by atoms with van der Waals surface area (Å²) in [5.41, 5.74) is 4.41. The lowest BCUT2D eigenvalue weighted by atomic mass is 10.1. The zero-order valence-electron chi connectivity index (χ0n) is 15.6. The van der Waals surface area contributed by atoms with Crippen LogP contribution in [0.3, 0.4) is 0 Å². The third-order valence-corrected chi connectivity index (χ3v) is 5.65. The topological polar surface area (TPSA) is 67.2 Å². The first-order valence-corrected chi connectivity index (χ1v) is 9.87. The number of carbonyl (C=O) groups excluding carboxylic acids is 2. The van der Waals surface area contributed by atoms with Crippen LogP contribution in [0.1, 0.15) is 34.2 Å². The fraction of sp³-hybridized carbons (Fsp3) is 0.421. The molecule has 1 aromatic carbocycles. The van der Waals surface area contributed by atoms with Crippen molar-refractivity contribution in [1.82, 2.24) is 14.7 Å². The van der Waals surface area contributed by atoms with Crippen LogP contribution in [0.15, 0.2) is 24.3 Å². The van der Waals surface area contributed by atoms with Gasteiger partial charge >= 0.3 is 0 Å². The van der Waals surface area contributed by atoms with E-state index in [-0.39, 0.29) is 11.8 Å². The van der Waals surface area contributed by atoms with E-state index in [1.807, 2.05) is 45.9 Å². The molecule has 1 aliphatic rings. The smallest absolute Gasteiger partial charge is 0.273 e. The molecular weight excluding hydrogens is 348 g/mol. The summed E-state index contributed by atoms with van der Waals surface area (Å²) in [5, 5.41) is 7.29. The number of carbonyl (C=O) groups is 2. The molecule has 1 N–H and O–H groups in total. The van der Waals surface area contributed by atoms with Gasteiger partial charge in [0.2, 0.25) is 5.91 Å². The summed E-state index contributed by atoms with van der Waals surface area (Å²) in [7, 11) is 0. The number of amides is 2. The molecule has 2 aromatic rings. The van der Waals surface area contributed by atoms with Gasteiger partial charge in [-0.05, 0) is 57.0 Å². The highest BCUT2D eigenvalue weighted by atomic mass is 32.2. The number of aromatic nitrogens is 2. The molecule has 26 heavy (non-hydrogen) atoms. The van der Waals surface area contributed by atoms with Gasteiger partial charge in [-0.15, -0.1) is 11.8 Å². The monoisotopic (exact) mass is 372 g/mol. The second-order valence-corrected chi connectivity index (χ2v) is 7.57. The number of hydrogen-bond acceptors (Lipinski definition) is 4. The molecule has 7 heteroatoms. The Labute approximate surface area is 157 Å². The molecule has 1 atom stereocenters. The molecule has 2 amide bonds. The van der Waals surface area contributed by atoms with Crippen LogP contribution in [0.2, 0.25) is 0 Å². The largest absolute Gasteiger partial charge is 0.324 e. The second kappa shape index (κ2) is 7.53. The van der Waals surface area contributed by atoms with Crippen molar-refractivity contribution in [2.45, 2.75) is 40.3 Å². The van der Waals surface area contributed by atoms with Crippen LogP contribution in [0.25, 0.3) is 0 Å². The molecular formula is C19H24N4O2S. The Morgan fingerprint density at radius 1 is 1.23 bits per heavy atom. The first-order valence-electron chi connectivity index (χ1n) is 8.72. The van der Waals surface area contributed by atoms with Gasteiger partial charge in [0.25, 0.3) is 5.91 Å². The molecule has 1 fully saturated rings. The van der Waals surface area contributed by atoms with Crippen molar-refractivity contribution < 1.29 is 9.59 Å². The lowest BCUT2D eigenvalue weighted by molar-refractivity contribution is -0.119. The van der Waals surface area contributed by atoms with Gasteiger partial charge in [-0.2, -0.15) is 5.10 Å². The number of aryl methyl sites for hydroxylation is 4. The van der Waals surface area contributed by atoms with E-state index in [4.69, 9.17) is 0 Å². The van der Waals surface area contributed by atoms with Gasteiger partial charge in [0.05, 0.1) is 11.6 Å². The fourth-order valence-electron chi connectivity index (χ4n) is 3.01. The predicted molar refractivity (Wildman–Crippen MR) is 104 cm³/mol. The van der Waals surface area contributed by atoms with E-state index in [9.17, 15) is 9.59 Å². The van der Waals surface area contributed by atoms with E-state index in [2.05, 4.69) is 10.4 Å². The Morgan fingerprint density at radius 2 is 2.00 bits per heavy atom. The lowest BCUT2D eigenvalue weighted by Gasteiger charge is -2.23. The van der Waals surface area contributed by atoms with Crippen LogP contribution < -0.4 is 5.32 Å². The Bertz CT molecular complexity index is 846. The van der Waals surface area contributed by atoms with Gasteiger partial charge in [0, 0.05) is 18.0 Å². The van der Waals surface area contributed by atoms with Gasteiger partial charge in [-0.25, -0.2) is 0 Å². The summed E-state index contributed by atoms with van der Waals surface area (Å²) in [6, 6.07) is 7.14. The zero-order valence-corrected chi connectivity index (χ0v) is 16.4. The lowest BCUT2D eigenvalue weighted by Crippen LogP contribution is -2.45. The maximum atomic E-state index is 13.0. The molecule has 1 aromatic heterocycles. The highest BCUT2D eigenvalue weighted by Gasteiger charge is 2.36. The molecule has 1 aliphatic heterocycles. The van der Waals surface area contributed by atoms with Crippen LogP contribution in [0.4, 0.5) is 5.69 Å². The van der Waals surface area contributed by atoms with Crippen LogP contribution in [-0.2, 0) is 11.3 Å². The maximum Gasteiger partial charge on any atom is 0.273 e. The highest BCUT2D eigenvalue weighted by Crippen LogP contribution is 2.25. The van der Waals surface area contributed by atoms with Crippen molar-refractivity contribution >= 4 is 29.3 Å². The van der Waals surface area contributed by atoms with Crippen molar-refractivity contribution in [2.75, 3.05) is 16.9 Å². The molecule has 0 saturated carbocycles. The van der Waals surface area contributed by atoms with Crippen LogP contribution in [-0.4, -0.2) is 44.2 Å². The first kappa shape index (κ1) is 18.5. The summed E-state index contributed by atoms with van der Waals surface area (Å²) < 4.78 is 1.69. The second-order valence-electron chi connectivity index (χ2n) is 6.57. The average molecular weight is 372 g/mol. The fourth-order valence-corrected chi connectivity index (χ4v) is 4.16. The molecule has 138 valence electrons. The van der Waals surface area contributed by atoms with Gasteiger partial charge in [-0.1, -0.05) is 6.07 Å².